The quantitative estimate of drug-likeness (QED) is 0.340. The van der Waals surface area contributed by atoms with Gasteiger partial charge in [0.15, 0.2) is 0 Å². The van der Waals surface area contributed by atoms with Crippen molar-refractivity contribution in [3.8, 4) is 22.9 Å². The van der Waals surface area contributed by atoms with Crippen LogP contribution in [-0.2, 0) is 4.74 Å². The van der Waals surface area contributed by atoms with Crippen LogP contribution in [0.3, 0.4) is 0 Å². The Labute approximate surface area is 209 Å². The third kappa shape index (κ3) is 3.35. The summed E-state index contributed by atoms with van der Waals surface area (Å²) in [4.78, 5) is 4.68. The Balaban J connectivity index is 1.32. The van der Waals surface area contributed by atoms with Crippen LogP contribution in [0, 0.1) is 18.3 Å². The van der Waals surface area contributed by atoms with E-state index in [-0.39, 0.29) is 12.1 Å². The van der Waals surface area contributed by atoms with Crippen LogP contribution in [0.5, 0.6) is 0 Å². The van der Waals surface area contributed by atoms with Gasteiger partial charge >= 0.3 is 0 Å². The van der Waals surface area contributed by atoms with E-state index in [9.17, 15) is 5.26 Å². The molecule has 0 aliphatic carbocycles. The molecule has 36 heavy (non-hydrogen) atoms. The molecular formula is C30H25N5O. The van der Waals surface area contributed by atoms with Crippen molar-refractivity contribution in [3.63, 3.8) is 0 Å². The highest BCUT2D eigenvalue weighted by Gasteiger charge is 2.40. The molecule has 5 aromatic rings. The predicted molar refractivity (Wildman–Crippen MR) is 141 cm³/mol. The molecule has 1 N–H and O–H groups in total. The van der Waals surface area contributed by atoms with E-state index in [2.05, 4.69) is 46.7 Å². The maximum absolute atomic E-state index is 9.75. The van der Waals surface area contributed by atoms with Crippen LogP contribution in [0.1, 0.15) is 30.5 Å². The minimum Gasteiger partial charge on any atom is -0.378 e. The molecule has 7 rings (SSSR count). The standard InChI is InChI=1S/C30H25N5O/c1-18-30-24(21-13-19-5-2-3-7-25(19)32-17-21)6-4-8-28(30)35(34-18)22-10-9-20(16-31)26(14-22)33-27-15-23-11-12-29(27)36-23/h2-10,13-14,17,23,27,29,33H,11-12,15H2,1H3. The molecule has 0 spiro atoms. The summed E-state index contributed by atoms with van der Waals surface area (Å²) in [6.45, 7) is 2.05. The molecular weight excluding hydrogens is 446 g/mol. The van der Waals surface area contributed by atoms with E-state index in [0.29, 0.717) is 11.7 Å². The maximum atomic E-state index is 9.75. The maximum Gasteiger partial charge on any atom is 0.101 e. The number of fused-ring (bicyclic) bond motifs is 4. The lowest BCUT2D eigenvalue weighted by atomic mass is 9.95. The van der Waals surface area contributed by atoms with Gasteiger partial charge in [-0.05, 0) is 68.1 Å². The van der Waals surface area contributed by atoms with Crippen LogP contribution in [0.4, 0.5) is 5.69 Å². The fourth-order valence-corrected chi connectivity index (χ4v) is 5.88. The molecule has 3 unspecified atom stereocenters. The molecule has 0 radical (unpaired) electrons. The number of benzene rings is 3. The number of hydrogen-bond donors (Lipinski definition) is 1. The van der Waals surface area contributed by atoms with E-state index in [1.54, 1.807) is 0 Å². The third-order valence-electron chi connectivity index (χ3n) is 7.60. The smallest absolute Gasteiger partial charge is 0.101 e. The van der Waals surface area contributed by atoms with Gasteiger partial charge < -0.3 is 10.1 Å². The highest BCUT2D eigenvalue weighted by atomic mass is 16.5. The molecule has 6 nitrogen and oxygen atoms in total. The number of nitrogens with one attached hydrogen (secondary N) is 1. The molecule has 3 aromatic carbocycles. The highest BCUT2D eigenvalue weighted by molar-refractivity contribution is 5.99. The molecule has 0 saturated carbocycles. The van der Waals surface area contributed by atoms with Crippen LogP contribution in [0.2, 0.25) is 0 Å². The van der Waals surface area contributed by atoms with E-state index in [0.717, 1.165) is 69.3 Å². The van der Waals surface area contributed by atoms with Crippen LogP contribution >= 0.6 is 0 Å². The number of nitriles is 1. The summed E-state index contributed by atoms with van der Waals surface area (Å²) in [5.74, 6) is 0. The van der Waals surface area contributed by atoms with Gasteiger partial charge in [0.1, 0.15) is 6.07 Å². The van der Waals surface area contributed by atoms with Crippen molar-refractivity contribution in [3.05, 3.63) is 84.2 Å². The summed E-state index contributed by atoms with van der Waals surface area (Å²) in [6.07, 6.45) is 5.74. The van der Waals surface area contributed by atoms with E-state index < -0.39 is 0 Å². The lowest BCUT2D eigenvalue weighted by molar-refractivity contribution is 0.102. The van der Waals surface area contributed by atoms with Crippen LogP contribution in [-0.4, -0.2) is 33.0 Å². The van der Waals surface area contributed by atoms with Crippen LogP contribution in [0.15, 0.2) is 72.9 Å². The van der Waals surface area contributed by atoms with Crippen molar-refractivity contribution in [1.82, 2.24) is 14.8 Å². The first-order chi connectivity index (χ1) is 17.7. The van der Waals surface area contributed by atoms with E-state index in [1.165, 1.54) is 0 Å². The zero-order valence-electron chi connectivity index (χ0n) is 20.0. The second-order valence-corrected chi connectivity index (χ2v) is 9.82. The molecule has 2 bridgehead atoms. The normalized spacial score (nSPS) is 20.7. The zero-order valence-corrected chi connectivity index (χ0v) is 20.0. The average molecular weight is 472 g/mol. The summed E-state index contributed by atoms with van der Waals surface area (Å²) >= 11 is 0. The summed E-state index contributed by atoms with van der Waals surface area (Å²) in [5, 5.41) is 20.5. The number of hydrogen-bond acceptors (Lipinski definition) is 5. The lowest BCUT2D eigenvalue weighted by Gasteiger charge is -2.22. The second kappa shape index (κ2) is 8.18. The van der Waals surface area contributed by atoms with Crippen molar-refractivity contribution < 1.29 is 4.74 Å². The molecule has 4 heterocycles. The number of aryl methyl sites for hydroxylation is 1. The minimum absolute atomic E-state index is 0.232. The van der Waals surface area contributed by atoms with E-state index in [1.807, 2.05) is 54.2 Å². The van der Waals surface area contributed by atoms with Gasteiger partial charge in [-0.2, -0.15) is 10.4 Å². The number of pyridine rings is 1. The van der Waals surface area contributed by atoms with Crippen molar-refractivity contribution in [2.75, 3.05) is 5.32 Å². The Hall–Kier alpha value is -4.21. The monoisotopic (exact) mass is 471 g/mol. The van der Waals surface area contributed by atoms with Gasteiger partial charge in [0.05, 0.1) is 51.9 Å². The summed E-state index contributed by atoms with van der Waals surface area (Å²) < 4.78 is 8.00. The number of rotatable bonds is 4. The van der Waals surface area contributed by atoms with Crippen molar-refractivity contribution in [1.29, 1.82) is 5.26 Å². The number of aromatic nitrogens is 3. The van der Waals surface area contributed by atoms with Crippen molar-refractivity contribution in [2.45, 2.75) is 44.4 Å². The molecule has 2 fully saturated rings. The lowest BCUT2D eigenvalue weighted by Crippen LogP contribution is -2.30. The predicted octanol–water partition coefficient (Wildman–Crippen LogP) is 6.15. The van der Waals surface area contributed by atoms with Gasteiger partial charge in [0, 0.05) is 22.5 Å². The Kier molecular flexibility index (Phi) is 4.80. The number of anilines is 1. The van der Waals surface area contributed by atoms with Gasteiger partial charge in [-0.25, -0.2) is 4.68 Å². The minimum atomic E-state index is 0.232. The summed E-state index contributed by atoms with van der Waals surface area (Å²) in [7, 11) is 0. The van der Waals surface area contributed by atoms with Crippen molar-refractivity contribution >= 4 is 27.5 Å². The second-order valence-electron chi connectivity index (χ2n) is 9.82. The Morgan fingerprint density at radius 3 is 2.81 bits per heavy atom. The topological polar surface area (TPSA) is 75.8 Å². The molecule has 176 valence electrons. The fourth-order valence-electron chi connectivity index (χ4n) is 5.88. The number of nitrogens with zero attached hydrogens (tertiary/aromatic N) is 4. The van der Waals surface area contributed by atoms with E-state index in [4.69, 9.17) is 9.84 Å². The SMILES string of the molecule is Cc1nn(-c2ccc(C#N)c(NC3CC4CCC3O4)c2)c2cccc(-c3cnc4ccccc4c3)c12. The van der Waals surface area contributed by atoms with Gasteiger partial charge in [0.25, 0.3) is 0 Å². The van der Waals surface area contributed by atoms with Crippen molar-refractivity contribution in [2.24, 2.45) is 0 Å². The first-order valence-electron chi connectivity index (χ1n) is 12.5. The number of ether oxygens (including phenoxy) is 1. The Morgan fingerprint density at radius 1 is 1.06 bits per heavy atom. The Bertz CT molecular complexity index is 1680. The highest BCUT2D eigenvalue weighted by Crippen LogP contribution is 2.37. The van der Waals surface area contributed by atoms with Gasteiger partial charge in [-0.3, -0.25) is 4.98 Å². The summed E-state index contributed by atoms with van der Waals surface area (Å²) in [6, 6.07) is 25.1. The Morgan fingerprint density at radius 2 is 1.97 bits per heavy atom. The average Bonchev–Trinajstić information content (AvgIpc) is 3.63. The third-order valence-corrected chi connectivity index (χ3v) is 7.60. The van der Waals surface area contributed by atoms with Crippen LogP contribution in [0.25, 0.3) is 38.6 Å². The summed E-state index contributed by atoms with van der Waals surface area (Å²) in [5.41, 5.74) is 7.55. The molecule has 2 aromatic heterocycles. The van der Waals surface area contributed by atoms with Gasteiger partial charge in [0.2, 0.25) is 0 Å². The van der Waals surface area contributed by atoms with Gasteiger partial charge in [-0.15, -0.1) is 0 Å². The molecule has 3 atom stereocenters. The van der Waals surface area contributed by atoms with Crippen LogP contribution < -0.4 is 5.32 Å². The van der Waals surface area contributed by atoms with Gasteiger partial charge in [-0.1, -0.05) is 30.3 Å². The van der Waals surface area contributed by atoms with E-state index >= 15 is 0 Å². The molecule has 6 heteroatoms. The zero-order chi connectivity index (χ0) is 24.2. The fraction of sp³-hybridized carbons (Fsp3) is 0.233. The largest absolute Gasteiger partial charge is 0.378 e. The first-order valence-corrected chi connectivity index (χ1v) is 12.5. The number of para-hydroxylation sites is 1. The molecule has 2 saturated heterocycles. The molecule has 2 aliphatic rings. The molecule has 0 amide bonds. The molecule has 2 aliphatic heterocycles. The first kappa shape index (κ1) is 21.1.